The number of pyridine rings is 1. The largest absolute Gasteiger partial charge is 0.356 e. The summed E-state index contributed by atoms with van der Waals surface area (Å²) in [6.45, 7) is 4.85. The first-order valence-electron chi connectivity index (χ1n) is 9.46. The molecule has 142 valence electrons. The molecule has 1 fully saturated rings. The lowest BCUT2D eigenvalue weighted by molar-refractivity contribution is 0.0991. The maximum atomic E-state index is 12.9. The molecule has 0 bridgehead atoms. The number of aromatic nitrogens is 3. The molecule has 2 aliphatic rings. The van der Waals surface area contributed by atoms with E-state index in [1.165, 1.54) is 6.42 Å². The molecule has 1 saturated heterocycles. The Morgan fingerprint density at radius 2 is 1.89 bits per heavy atom. The van der Waals surface area contributed by atoms with Crippen molar-refractivity contribution in [2.75, 3.05) is 22.9 Å². The maximum absolute atomic E-state index is 12.9. The van der Waals surface area contributed by atoms with Gasteiger partial charge >= 0.3 is 0 Å². The molecule has 1 aromatic carbocycles. The summed E-state index contributed by atoms with van der Waals surface area (Å²) in [5, 5.41) is 5.16. The maximum Gasteiger partial charge on any atom is 0.279 e. The molecule has 5 rings (SSSR count). The number of hydrogen-bond acceptors (Lipinski definition) is 4. The van der Waals surface area contributed by atoms with Crippen molar-refractivity contribution in [3.63, 3.8) is 0 Å². The summed E-state index contributed by atoms with van der Waals surface area (Å²) < 4.78 is 1.73. The minimum Gasteiger partial charge on any atom is -0.356 e. The summed E-state index contributed by atoms with van der Waals surface area (Å²) >= 11 is 5.94. The smallest absolute Gasteiger partial charge is 0.279 e. The van der Waals surface area contributed by atoms with Crippen molar-refractivity contribution in [2.24, 2.45) is 5.92 Å². The number of anilines is 2. The van der Waals surface area contributed by atoms with Crippen molar-refractivity contribution in [2.45, 2.75) is 19.9 Å². The summed E-state index contributed by atoms with van der Waals surface area (Å²) in [6.07, 6.45) is 4.89. The number of halogens is 1. The van der Waals surface area contributed by atoms with Gasteiger partial charge in [-0.05, 0) is 48.7 Å². The first kappa shape index (κ1) is 17.3. The molecule has 1 atom stereocenters. The van der Waals surface area contributed by atoms with Gasteiger partial charge in [-0.3, -0.25) is 4.79 Å². The van der Waals surface area contributed by atoms with Crippen molar-refractivity contribution in [3.8, 4) is 5.69 Å². The van der Waals surface area contributed by atoms with Crippen molar-refractivity contribution in [3.05, 3.63) is 65.1 Å². The number of amides is 1. The second-order valence-corrected chi connectivity index (χ2v) is 7.97. The van der Waals surface area contributed by atoms with Crippen LogP contribution in [0.3, 0.4) is 0 Å². The van der Waals surface area contributed by atoms with Crippen molar-refractivity contribution in [1.29, 1.82) is 0 Å². The Balaban J connectivity index is 1.35. The Kier molecular flexibility index (Phi) is 4.09. The Hall–Kier alpha value is -2.86. The number of nitrogens with zero attached hydrogens (tertiary/aromatic N) is 5. The third kappa shape index (κ3) is 2.94. The van der Waals surface area contributed by atoms with Crippen LogP contribution in [-0.4, -0.2) is 33.8 Å². The Morgan fingerprint density at radius 1 is 1.11 bits per heavy atom. The molecule has 0 N–H and O–H groups in total. The Morgan fingerprint density at radius 3 is 2.54 bits per heavy atom. The van der Waals surface area contributed by atoms with E-state index in [2.05, 4.69) is 21.9 Å². The van der Waals surface area contributed by atoms with Crippen LogP contribution in [0.15, 0.2) is 48.8 Å². The van der Waals surface area contributed by atoms with Crippen molar-refractivity contribution >= 4 is 29.0 Å². The second kappa shape index (κ2) is 6.63. The van der Waals surface area contributed by atoms with Crippen LogP contribution in [0.25, 0.3) is 5.69 Å². The lowest BCUT2D eigenvalue weighted by atomic mass is 10.2. The van der Waals surface area contributed by atoms with Gasteiger partial charge in [0.15, 0.2) is 5.69 Å². The summed E-state index contributed by atoms with van der Waals surface area (Å²) in [6, 6.07) is 11.4. The SMILES string of the molecule is C[C@H]1CCN(c2ccc(N3Cc4cn(-c5ccc(Cl)cc5)nc4C3=O)cn2)C1. The van der Waals surface area contributed by atoms with Crippen LogP contribution in [0, 0.1) is 5.92 Å². The zero-order valence-electron chi connectivity index (χ0n) is 15.5. The van der Waals surface area contributed by atoms with E-state index >= 15 is 0 Å². The number of benzene rings is 1. The molecular weight excluding hydrogens is 374 g/mol. The fourth-order valence-electron chi connectivity index (χ4n) is 3.88. The molecular formula is C21H20ClN5O. The van der Waals surface area contributed by atoms with E-state index in [4.69, 9.17) is 11.6 Å². The van der Waals surface area contributed by atoms with E-state index < -0.39 is 0 Å². The van der Waals surface area contributed by atoms with Crippen molar-refractivity contribution < 1.29 is 4.79 Å². The molecule has 7 heteroatoms. The molecule has 0 aliphatic carbocycles. The summed E-state index contributed by atoms with van der Waals surface area (Å²) in [5.41, 5.74) is 3.09. The van der Waals surface area contributed by atoms with Gasteiger partial charge in [0, 0.05) is 29.9 Å². The second-order valence-electron chi connectivity index (χ2n) is 7.53. The fraction of sp³-hybridized carbons (Fsp3) is 0.286. The third-order valence-electron chi connectivity index (χ3n) is 5.45. The van der Waals surface area contributed by atoms with Crippen LogP contribution in [-0.2, 0) is 6.54 Å². The van der Waals surface area contributed by atoms with Crippen LogP contribution < -0.4 is 9.80 Å². The zero-order chi connectivity index (χ0) is 19.3. The first-order chi connectivity index (χ1) is 13.6. The highest BCUT2D eigenvalue weighted by molar-refractivity contribution is 6.30. The summed E-state index contributed by atoms with van der Waals surface area (Å²) in [7, 11) is 0. The van der Waals surface area contributed by atoms with Crippen LogP contribution >= 0.6 is 11.6 Å². The van der Waals surface area contributed by atoms with Crippen LogP contribution in [0.5, 0.6) is 0 Å². The molecule has 0 saturated carbocycles. The highest BCUT2D eigenvalue weighted by atomic mass is 35.5. The van der Waals surface area contributed by atoms with Crippen LogP contribution in [0.2, 0.25) is 5.02 Å². The van der Waals surface area contributed by atoms with E-state index in [0.717, 1.165) is 35.8 Å². The van der Waals surface area contributed by atoms with E-state index in [1.54, 1.807) is 15.8 Å². The minimum atomic E-state index is -0.0907. The molecule has 0 unspecified atom stereocenters. The van der Waals surface area contributed by atoms with Gasteiger partial charge in [-0.15, -0.1) is 0 Å². The van der Waals surface area contributed by atoms with Crippen LogP contribution in [0.1, 0.15) is 29.4 Å². The van der Waals surface area contributed by atoms with E-state index in [-0.39, 0.29) is 5.91 Å². The van der Waals surface area contributed by atoms with Crippen LogP contribution in [0.4, 0.5) is 11.5 Å². The highest BCUT2D eigenvalue weighted by Gasteiger charge is 2.32. The van der Waals surface area contributed by atoms with Gasteiger partial charge in [0.25, 0.3) is 5.91 Å². The molecule has 28 heavy (non-hydrogen) atoms. The Labute approximate surface area is 168 Å². The van der Waals surface area contributed by atoms with Gasteiger partial charge in [-0.1, -0.05) is 18.5 Å². The van der Waals surface area contributed by atoms with Gasteiger partial charge in [0.05, 0.1) is 24.1 Å². The van der Waals surface area contributed by atoms with Gasteiger partial charge < -0.3 is 9.80 Å². The normalized spacial score (nSPS) is 18.8. The summed E-state index contributed by atoms with van der Waals surface area (Å²) in [4.78, 5) is 21.5. The number of rotatable bonds is 3. The highest BCUT2D eigenvalue weighted by Crippen LogP contribution is 2.30. The van der Waals surface area contributed by atoms with E-state index in [9.17, 15) is 4.79 Å². The first-order valence-corrected chi connectivity index (χ1v) is 9.83. The molecule has 6 nitrogen and oxygen atoms in total. The van der Waals surface area contributed by atoms with Gasteiger partial charge in [0.2, 0.25) is 0 Å². The number of hydrogen-bond donors (Lipinski definition) is 0. The predicted molar refractivity (Wildman–Crippen MR) is 109 cm³/mol. The van der Waals surface area contributed by atoms with E-state index in [1.807, 2.05) is 42.6 Å². The Bertz CT molecular complexity index is 1030. The number of fused-ring (bicyclic) bond motifs is 1. The monoisotopic (exact) mass is 393 g/mol. The van der Waals surface area contributed by atoms with Gasteiger partial charge in [0.1, 0.15) is 5.82 Å². The average Bonchev–Trinajstić information content (AvgIpc) is 3.39. The molecule has 2 aromatic heterocycles. The summed E-state index contributed by atoms with van der Waals surface area (Å²) in [5.74, 6) is 1.59. The minimum absolute atomic E-state index is 0.0907. The fourth-order valence-corrected chi connectivity index (χ4v) is 4.00. The van der Waals surface area contributed by atoms with E-state index in [0.29, 0.717) is 23.2 Å². The molecule has 2 aliphatic heterocycles. The topological polar surface area (TPSA) is 54.3 Å². The standard InChI is InChI=1S/C21H20ClN5O/c1-14-8-9-25(11-14)19-7-6-18(10-23-19)26-12-15-13-27(24-20(15)21(26)28)17-4-2-16(22)3-5-17/h2-7,10,13-14H,8-9,11-12H2,1H3/t14-/m0/s1. The van der Waals surface area contributed by atoms with Crippen molar-refractivity contribution in [1.82, 2.24) is 14.8 Å². The third-order valence-corrected chi connectivity index (χ3v) is 5.70. The quantitative estimate of drug-likeness (QED) is 0.676. The van der Waals surface area contributed by atoms with Gasteiger partial charge in [-0.25, -0.2) is 9.67 Å². The lowest BCUT2D eigenvalue weighted by Crippen LogP contribution is -2.25. The number of carbonyl (C=O) groups excluding carboxylic acids is 1. The molecule has 3 aromatic rings. The molecule has 1 amide bonds. The predicted octanol–water partition coefficient (Wildman–Crippen LogP) is 3.93. The molecule has 4 heterocycles. The average molecular weight is 394 g/mol. The molecule has 0 spiro atoms. The lowest BCUT2D eigenvalue weighted by Gasteiger charge is -2.19. The molecule has 0 radical (unpaired) electrons. The van der Waals surface area contributed by atoms with Gasteiger partial charge in [-0.2, -0.15) is 5.10 Å². The zero-order valence-corrected chi connectivity index (χ0v) is 16.3. The number of carbonyl (C=O) groups is 1.